The molecule has 0 spiro atoms. The number of halogens is 1. The van der Waals surface area contributed by atoms with Crippen molar-refractivity contribution in [1.29, 1.82) is 0 Å². The van der Waals surface area contributed by atoms with Crippen molar-refractivity contribution in [2.45, 2.75) is 11.4 Å². The van der Waals surface area contributed by atoms with Crippen molar-refractivity contribution in [2.75, 3.05) is 17.8 Å². The van der Waals surface area contributed by atoms with Gasteiger partial charge in [0, 0.05) is 0 Å². The molecule has 2 aromatic carbocycles. The van der Waals surface area contributed by atoms with E-state index in [0.29, 0.717) is 27.2 Å². The van der Waals surface area contributed by atoms with Crippen LogP contribution < -0.4 is 9.64 Å². The molecular weight excluding hydrogens is 460 g/mol. The number of para-hydroxylation sites is 1. The molecule has 2 aromatic heterocycles. The van der Waals surface area contributed by atoms with Gasteiger partial charge in [0.25, 0.3) is 0 Å². The average molecular weight is 477 g/mol. The van der Waals surface area contributed by atoms with Crippen LogP contribution in [0.1, 0.15) is 5.76 Å². The van der Waals surface area contributed by atoms with Gasteiger partial charge in [0.1, 0.15) is 22.8 Å². The molecule has 1 amide bonds. The minimum atomic E-state index is -3.88. The number of amides is 1. The zero-order chi connectivity index (χ0) is 22.0. The van der Waals surface area contributed by atoms with Gasteiger partial charge < -0.3 is 9.15 Å². The maximum atomic E-state index is 13.2. The monoisotopic (exact) mass is 476 g/mol. The minimum absolute atomic E-state index is 0.0342. The van der Waals surface area contributed by atoms with Crippen molar-refractivity contribution in [1.82, 2.24) is 4.98 Å². The van der Waals surface area contributed by atoms with Crippen LogP contribution in [0.15, 0.2) is 70.2 Å². The molecule has 160 valence electrons. The quantitative estimate of drug-likeness (QED) is 0.388. The van der Waals surface area contributed by atoms with Crippen molar-refractivity contribution in [3.05, 3.63) is 71.6 Å². The number of sulfone groups is 1. The number of ether oxygens (including phenoxy) is 1. The highest BCUT2D eigenvalue weighted by Crippen LogP contribution is 2.34. The summed E-state index contributed by atoms with van der Waals surface area (Å²) >= 11 is 7.48. The summed E-state index contributed by atoms with van der Waals surface area (Å²) in [5.74, 6) is -0.317. The number of thiazole rings is 1. The van der Waals surface area contributed by atoms with E-state index in [2.05, 4.69) is 4.98 Å². The number of fused-ring (bicyclic) bond motifs is 1. The highest BCUT2D eigenvalue weighted by atomic mass is 35.5. The summed E-state index contributed by atoms with van der Waals surface area (Å²) in [5, 5.41) is 0.797. The second-order valence-corrected chi connectivity index (χ2v) is 9.98. The van der Waals surface area contributed by atoms with E-state index in [9.17, 15) is 13.2 Å². The SMILES string of the molecule is COc1ccc(S(=O)(=O)CC(=O)N(Cc2ccco2)c2nc3c(Cl)cccc3s2)cc1. The first-order chi connectivity index (χ1) is 14.9. The molecule has 0 radical (unpaired) electrons. The highest BCUT2D eigenvalue weighted by Gasteiger charge is 2.27. The Kier molecular flexibility index (Phi) is 5.99. The van der Waals surface area contributed by atoms with Gasteiger partial charge in [-0.15, -0.1) is 0 Å². The van der Waals surface area contributed by atoms with Gasteiger partial charge in [-0.05, 0) is 48.5 Å². The molecule has 4 aromatic rings. The predicted molar refractivity (Wildman–Crippen MR) is 120 cm³/mol. The number of hydrogen-bond donors (Lipinski definition) is 0. The Labute approximate surface area is 187 Å². The molecule has 0 fully saturated rings. The Morgan fingerprint density at radius 2 is 1.94 bits per heavy atom. The number of rotatable bonds is 7. The van der Waals surface area contributed by atoms with E-state index in [1.165, 1.54) is 53.9 Å². The zero-order valence-electron chi connectivity index (χ0n) is 16.3. The minimum Gasteiger partial charge on any atom is -0.497 e. The van der Waals surface area contributed by atoms with E-state index in [1.54, 1.807) is 24.3 Å². The van der Waals surface area contributed by atoms with Crippen LogP contribution in [-0.2, 0) is 21.2 Å². The van der Waals surface area contributed by atoms with E-state index in [-0.39, 0.29) is 11.4 Å². The number of aromatic nitrogens is 1. The van der Waals surface area contributed by atoms with Crippen LogP contribution in [0.5, 0.6) is 5.75 Å². The molecule has 10 heteroatoms. The Hall–Kier alpha value is -2.88. The molecule has 31 heavy (non-hydrogen) atoms. The zero-order valence-corrected chi connectivity index (χ0v) is 18.7. The fraction of sp³-hybridized carbons (Fsp3) is 0.143. The number of carbonyl (C=O) groups is 1. The molecule has 0 saturated carbocycles. The van der Waals surface area contributed by atoms with Crippen LogP contribution in [0.25, 0.3) is 10.2 Å². The Bertz CT molecular complexity index is 1320. The molecule has 7 nitrogen and oxygen atoms in total. The average Bonchev–Trinajstić information content (AvgIpc) is 3.42. The van der Waals surface area contributed by atoms with E-state index >= 15 is 0 Å². The van der Waals surface area contributed by atoms with Gasteiger partial charge in [0.15, 0.2) is 15.0 Å². The lowest BCUT2D eigenvalue weighted by atomic mass is 10.3. The highest BCUT2D eigenvalue weighted by molar-refractivity contribution is 7.92. The Morgan fingerprint density at radius 3 is 2.58 bits per heavy atom. The molecule has 0 unspecified atom stereocenters. The van der Waals surface area contributed by atoms with Crippen LogP contribution in [0.3, 0.4) is 0 Å². The van der Waals surface area contributed by atoms with Gasteiger partial charge in [-0.1, -0.05) is 29.0 Å². The maximum absolute atomic E-state index is 13.2. The van der Waals surface area contributed by atoms with Gasteiger partial charge in [-0.25, -0.2) is 13.4 Å². The smallest absolute Gasteiger partial charge is 0.244 e. The van der Waals surface area contributed by atoms with Crippen LogP contribution in [0.2, 0.25) is 5.02 Å². The van der Waals surface area contributed by atoms with E-state index in [1.807, 2.05) is 6.07 Å². The van der Waals surface area contributed by atoms with E-state index in [4.69, 9.17) is 20.8 Å². The molecular formula is C21H17ClN2O5S2. The summed E-state index contributed by atoms with van der Waals surface area (Å²) in [6.45, 7) is 0.0431. The summed E-state index contributed by atoms with van der Waals surface area (Å²) in [5.41, 5.74) is 0.555. The number of furan rings is 1. The molecule has 4 rings (SSSR count). The lowest BCUT2D eigenvalue weighted by molar-refractivity contribution is -0.116. The molecule has 0 aliphatic carbocycles. The first-order valence-corrected chi connectivity index (χ1v) is 12.0. The summed E-state index contributed by atoms with van der Waals surface area (Å²) in [6.07, 6.45) is 1.49. The maximum Gasteiger partial charge on any atom is 0.244 e. The number of anilines is 1. The second-order valence-electron chi connectivity index (χ2n) is 6.58. The topological polar surface area (TPSA) is 89.7 Å². The largest absolute Gasteiger partial charge is 0.497 e. The molecule has 2 heterocycles. The van der Waals surface area contributed by atoms with Crippen molar-refractivity contribution in [2.24, 2.45) is 0 Å². The predicted octanol–water partition coefficient (Wildman–Crippen LogP) is 4.56. The van der Waals surface area contributed by atoms with E-state index < -0.39 is 21.5 Å². The van der Waals surface area contributed by atoms with Crippen LogP contribution in [0.4, 0.5) is 5.13 Å². The third-order valence-corrected chi connectivity index (χ3v) is 7.48. The fourth-order valence-electron chi connectivity index (χ4n) is 2.95. The van der Waals surface area contributed by atoms with Crippen LogP contribution in [0, 0.1) is 0 Å². The molecule has 0 aliphatic rings. The molecule has 0 atom stereocenters. The molecule has 0 N–H and O–H groups in total. The lowest BCUT2D eigenvalue weighted by Crippen LogP contribution is -2.35. The van der Waals surface area contributed by atoms with Crippen molar-refractivity contribution >= 4 is 54.0 Å². The van der Waals surface area contributed by atoms with Crippen molar-refractivity contribution in [3.63, 3.8) is 0 Å². The molecule has 0 bridgehead atoms. The second kappa shape index (κ2) is 8.70. The normalized spacial score (nSPS) is 11.5. The number of benzene rings is 2. The van der Waals surface area contributed by atoms with Gasteiger partial charge in [0.2, 0.25) is 5.91 Å². The van der Waals surface area contributed by atoms with Gasteiger partial charge in [-0.3, -0.25) is 9.69 Å². The van der Waals surface area contributed by atoms with Crippen LogP contribution >= 0.6 is 22.9 Å². The third kappa shape index (κ3) is 4.58. The molecule has 0 aliphatic heterocycles. The lowest BCUT2D eigenvalue weighted by Gasteiger charge is -2.18. The Balaban J connectivity index is 1.67. The van der Waals surface area contributed by atoms with Crippen LogP contribution in [-0.4, -0.2) is 32.2 Å². The standard InChI is InChI=1S/C21H17ClN2O5S2/c1-28-14-7-9-16(10-8-14)31(26,27)13-19(25)24(12-15-4-3-11-29-15)21-23-20-17(22)5-2-6-18(20)30-21/h2-11H,12-13H2,1H3. The van der Waals surface area contributed by atoms with Crippen molar-refractivity contribution in [3.8, 4) is 5.75 Å². The summed E-state index contributed by atoms with van der Waals surface area (Å²) in [4.78, 5) is 19.0. The summed E-state index contributed by atoms with van der Waals surface area (Å²) in [7, 11) is -2.39. The summed E-state index contributed by atoms with van der Waals surface area (Å²) in [6, 6.07) is 14.6. The molecule has 0 saturated heterocycles. The van der Waals surface area contributed by atoms with Gasteiger partial charge >= 0.3 is 0 Å². The number of methoxy groups -OCH3 is 1. The fourth-order valence-corrected chi connectivity index (χ4v) is 5.43. The summed E-state index contributed by atoms with van der Waals surface area (Å²) < 4.78 is 36.9. The third-order valence-electron chi connectivity index (χ3n) is 4.52. The van der Waals surface area contributed by atoms with Gasteiger partial charge in [0.05, 0.1) is 34.5 Å². The van der Waals surface area contributed by atoms with Crippen molar-refractivity contribution < 1.29 is 22.4 Å². The number of hydrogen-bond acceptors (Lipinski definition) is 7. The number of nitrogens with zero attached hydrogens (tertiary/aromatic N) is 2. The number of carbonyl (C=O) groups excluding carboxylic acids is 1. The first kappa shape index (κ1) is 21.4. The first-order valence-electron chi connectivity index (χ1n) is 9.12. The Morgan fingerprint density at radius 1 is 1.16 bits per heavy atom. The van der Waals surface area contributed by atoms with E-state index in [0.717, 1.165) is 4.70 Å². The van der Waals surface area contributed by atoms with Gasteiger partial charge in [-0.2, -0.15) is 0 Å².